The highest BCUT2D eigenvalue weighted by Crippen LogP contribution is 2.45. The first-order valence-electron chi connectivity index (χ1n) is 12.8. The van der Waals surface area contributed by atoms with Crippen molar-refractivity contribution in [2.75, 3.05) is 11.9 Å². The van der Waals surface area contributed by atoms with E-state index in [0.717, 1.165) is 28.9 Å². The highest BCUT2D eigenvalue weighted by molar-refractivity contribution is 8.18. The maximum Gasteiger partial charge on any atom is 0.335 e. The number of halogens is 1. The highest BCUT2D eigenvalue weighted by atomic mass is 35.5. The van der Waals surface area contributed by atoms with Crippen LogP contribution in [0.15, 0.2) is 76.6 Å². The van der Waals surface area contributed by atoms with Gasteiger partial charge in [0.25, 0.3) is 5.91 Å². The topological polar surface area (TPSA) is 73.2 Å². The molecule has 1 fully saturated rings. The van der Waals surface area contributed by atoms with Crippen molar-refractivity contribution in [1.29, 1.82) is 0 Å². The molecule has 39 heavy (non-hydrogen) atoms. The maximum atomic E-state index is 13.7. The lowest BCUT2D eigenvalue weighted by Gasteiger charge is -2.45. The second kappa shape index (κ2) is 10.5. The summed E-state index contributed by atoms with van der Waals surface area (Å²) in [6, 6.07) is 20.1. The normalized spacial score (nSPS) is 20.5. The van der Waals surface area contributed by atoms with Crippen LogP contribution in [0.4, 0.5) is 11.4 Å². The number of carbonyl (C=O) groups is 2. The van der Waals surface area contributed by atoms with E-state index < -0.39 is 5.97 Å². The zero-order chi connectivity index (χ0) is 27.9. The van der Waals surface area contributed by atoms with Crippen molar-refractivity contribution in [3.05, 3.63) is 98.9 Å². The Kier molecular flexibility index (Phi) is 7.31. The van der Waals surface area contributed by atoms with Gasteiger partial charge < -0.3 is 10.0 Å². The standard InChI is InChI=1S/C31H30ClN3O3S/c1-19-17-31(2,3)34(4)26-16-25(32)22(14-24(19)26)15-27-28(36)35(18-20-10-12-21(13-11-20)29(37)38)30(39-27)33-23-8-6-5-7-9-23/h5-16,19H,17-18H2,1-4H3,(H,37,38)/b27-15+,33-30?. The number of anilines is 1. The molecule has 0 spiro atoms. The van der Waals surface area contributed by atoms with Gasteiger partial charge in [-0.3, -0.25) is 9.69 Å². The van der Waals surface area contributed by atoms with E-state index in [1.165, 1.54) is 17.3 Å². The molecule has 0 aromatic heterocycles. The van der Waals surface area contributed by atoms with Gasteiger partial charge in [-0.1, -0.05) is 48.9 Å². The van der Waals surface area contributed by atoms with Crippen molar-refractivity contribution in [3.8, 4) is 0 Å². The van der Waals surface area contributed by atoms with Crippen LogP contribution >= 0.6 is 23.4 Å². The van der Waals surface area contributed by atoms with E-state index in [1.807, 2.05) is 42.5 Å². The monoisotopic (exact) mass is 559 g/mol. The summed E-state index contributed by atoms with van der Waals surface area (Å²) in [5.41, 5.74) is 4.92. The molecule has 200 valence electrons. The smallest absolute Gasteiger partial charge is 0.335 e. The fourth-order valence-electron chi connectivity index (χ4n) is 5.14. The van der Waals surface area contributed by atoms with Crippen LogP contribution < -0.4 is 4.90 Å². The Morgan fingerprint density at radius 2 is 1.85 bits per heavy atom. The molecule has 0 aliphatic carbocycles. The Hall–Kier alpha value is -3.55. The summed E-state index contributed by atoms with van der Waals surface area (Å²) in [4.78, 5) is 34.2. The number of benzene rings is 3. The van der Waals surface area contributed by atoms with Crippen LogP contribution in [0.2, 0.25) is 5.02 Å². The molecule has 6 nitrogen and oxygen atoms in total. The van der Waals surface area contributed by atoms with Crippen molar-refractivity contribution in [2.45, 2.75) is 45.2 Å². The number of carboxylic acids is 1. The van der Waals surface area contributed by atoms with Crippen molar-refractivity contribution in [3.63, 3.8) is 0 Å². The van der Waals surface area contributed by atoms with Gasteiger partial charge in [-0.15, -0.1) is 0 Å². The van der Waals surface area contributed by atoms with Crippen LogP contribution in [-0.4, -0.2) is 39.6 Å². The number of amidine groups is 1. The summed E-state index contributed by atoms with van der Waals surface area (Å²) >= 11 is 8.10. The molecule has 1 N–H and O–H groups in total. The van der Waals surface area contributed by atoms with Crippen LogP contribution in [-0.2, 0) is 11.3 Å². The molecule has 3 aromatic carbocycles. The van der Waals surface area contributed by atoms with Gasteiger partial charge in [0.2, 0.25) is 0 Å². The minimum Gasteiger partial charge on any atom is -0.478 e. The van der Waals surface area contributed by atoms with Crippen LogP contribution in [0.25, 0.3) is 6.08 Å². The molecule has 2 aliphatic rings. The van der Waals surface area contributed by atoms with Crippen LogP contribution in [0, 0.1) is 0 Å². The average molecular weight is 560 g/mol. The molecule has 1 atom stereocenters. The zero-order valence-electron chi connectivity index (χ0n) is 22.3. The first-order valence-corrected chi connectivity index (χ1v) is 14.0. The van der Waals surface area contributed by atoms with Gasteiger partial charge in [-0.05, 0) is 97.1 Å². The summed E-state index contributed by atoms with van der Waals surface area (Å²) in [5.74, 6) is -0.804. The lowest BCUT2D eigenvalue weighted by Crippen LogP contribution is -2.45. The van der Waals surface area contributed by atoms with Gasteiger partial charge in [0.15, 0.2) is 5.17 Å². The number of para-hydroxylation sites is 1. The number of hydrogen-bond acceptors (Lipinski definition) is 5. The maximum absolute atomic E-state index is 13.7. The molecule has 0 bridgehead atoms. The zero-order valence-corrected chi connectivity index (χ0v) is 23.9. The third-order valence-electron chi connectivity index (χ3n) is 7.45. The minimum absolute atomic E-state index is 0.0268. The fraction of sp³-hybridized carbons (Fsp3) is 0.258. The molecule has 8 heteroatoms. The summed E-state index contributed by atoms with van der Waals surface area (Å²) < 4.78 is 0. The van der Waals surface area contributed by atoms with Crippen molar-refractivity contribution >= 4 is 57.9 Å². The van der Waals surface area contributed by atoms with Gasteiger partial charge in [0.1, 0.15) is 0 Å². The summed E-state index contributed by atoms with van der Waals surface area (Å²) in [6.45, 7) is 6.97. The number of amides is 1. The first-order chi connectivity index (χ1) is 18.5. The Balaban J connectivity index is 1.51. The van der Waals surface area contributed by atoms with E-state index in [2.05, 4.69) is 38.8 Å². The van der Waals surface area contributed by atoms with Gasteiger partial charge in [-0.2, -0.15) is 0 Å². The molecular weight excluding hydrogens is 530 g/mol. The lowest BCUT2D eigenvalue weighted by atomic mass is 9.80. The van der Waals surface area contributed by atoms with E-state index in [-0.39, 0.29) is 23.6 Å². The van der Waals surface area contributed by atoms with E-state index in [1.54, 1.807) is 29.2 Å². The third-order valence-corrected chi connectivity index (χ3v) is 8.78. The van der Waals surface area contributed by atoms with Gasteiger partial charge in [0.05, 0.1) is 22.7 Å². The quantitative estimate of drug-likeness (QED) is 0.326. The number of aliphatic imine (C=N–C) groups is 1. The Morgan fingerprint density at radius 1 is 1.15 bits per heavy atom. The predicted octanol–water partition coefficient (Wildman–Crippen LogP) is 7.56. The van der Waals surface area contributed by atoms with Gasteiger partial charge in [0, 0.05) is 23.3 Å². The molecule has 2 heterocycles. The van der Waals surface area contributed by atoms with E-state index in [9.17, 15) is 14.7 Å². The number of nitrogens with zero attached hydrogens (tertiary/aromatic N) is 3. The molecule has 1 saturated heterocycles. The van der Waals surface area contributed by atoms with Crippen molar-refractivity contribution < 1.29 is 14.7 Å². The van der Waals surface area contributed by atoms with Gasteiger partial charge >= 0.3 is 5.97 Å². The number of carboxylic acid groups (broad SMARTS) is 1. The largest absolute Gasteiger partial charge is 0.478 e. The molecule has 1 unspecified atom stereocenters. The first kappa shape index (κ1) is 27.0. The highest BCUT2D eigenvalue weighted by Gasteiger charge is 2.36. The van der Waals surface area contributed by atoms with E-state index >= 15 is 0 Å². The number of rotatable bonds is 5. The van der Waals surface area contributed by atoms with Crippen molar-refractivity contribution in [2.24, 2.45) is 4.99 Å². The van der Waals surface area contributed by atoms with Crippen LogP contribution in [0.1, 0.15) is 60.2 Å². The number of carbonyl (C=O) groups excluding carboxylic acids is 1. The molecule has 5 rings (SSSR count). The number of aromatic carboxylic acids is 1. The Morgan fingerprint density at radius 3 is 2.51 bits per heavy atom. The molecule has 3 aromatic rings. The summed E-state index contributed by atoms with van der Waals surface area (Å²) in [5, 5.41) is 10.4. The van der Waals surface area contributed by atoms with Crippen LogP contribution in [0.5, 0.6) is 0 Å². The molecular formula is C31H30ClN3O3S. The summed E-state index contributed by atoms with van der Waals surface area (Å²) in [6.07, 6.45) is 2.88. The van der Waals surface area contributed by atoms with E-state index in [4.69, 9.17) is 16.6 Å². The fourth-order valence-corrected chi connectivity index (χ4v) is 6.34. The van der Waals surface area contributed by atoms with Crippen molar-refractivity contribution in [1.82, 2.24) is 4.90 Å². The van der Waals surface area contributed by atoms with E-state index in [0.29, 0.717) is 21.0 Å². The molecule has 2 aliphatic heterocycles. The number of fused-ring (bicyclic) bond motifs is 1. The third kappa shape index (κ3) is 5.47. The number of thioether (sulfide) groups is 1. The predicted molar refractivity (Wildman–Crippen MR) is 160 cm³/mol. The lowest BCUT2D eigenvalue weighted by molar-refractivity contribution is -0.122. The Labute approximate surface area is 238 Å². The van der Waals surface area contributed by atoms with Gasteiger partial charge in [-0.25, -0.2) is 9.79 Å². The average Bonchev–Trinajstić information content (AvgIpc) is 3.17. The Bertz CT molecular complexity index is 1500. The molecule has 0 radical (unpaired) electrons. The minimum atomic E-state index is -0.989. The summed E-state index contributed by atoms with van der Waals surface area (Å²) in [7, 11) is 2.10. The second-order valence-electron chi connectivity index (χ2n) is 10.6. The number of hydrogen-bond donors (Lipinski definition) is 1. The molecule has 0 saturated carbocycles. The molecule has 1 amide bonds. The second-order valence-corrected chi connectivity index (χ2v) is 12.1. The van der Waals surface area contributed by atoms with Crippen LogP contribution in [0.3, 0.4) is 0 Å². The SMILES string of the molecule is CC1CC(C)(C)N(C)c2cc(Cl)c(/C=C3/SC(=Nc4ccccc4)N(Cc4ccc(C(=O)O)cc4)C3=O)cc21.